The summed E-state index contributed by atoms with van der Waals surface area (Å²) >= 11 is 5.87. The summed E-state index contributed by atoms with van der Waals surface area (Å²) in [5.41, 5.74) is 0.242. The molecule has 1 aromatic heterocycles. The van der Waals surface area contributed by atoms with Crippen molar-refractivity contribution >= 4 is 27.5 Å². The molecule has 0 spiro atoms. The van der Waals surface area contributed by atoms with E-state index in [2.05, 4.69) is 5.32 Å². The van der Waals surface area contributed by atoms with E-state index in [0.29, 0.717) is 43.2 Å². The molecule has 0 saturated carbocycles. The Bertz CT molecular complexity index is 997. The summed E-state index contributed by atoms with van der Waals surface area (Å²) in [5.74, 6) is -0.288. The second kappa shape index (κ2) is 8.89. The maximum Gasteiger partial charge on any atom is 0.251 e. The van der Waals surface area contributed by atoms with Crippen LogP contribution in [0.15, 0.2) is 52.3 Å². The maximum atomic E-state index is 12.5. The van der Waals surface area contributed by atoms with Gasteiger partial charge in [0, 0.05) is 44.0 Å². The maximum absolute atomic E-state index is 12.5. The first kappa shape index (κ1) is 20.6. The number of nitrogens with zero attached hydrogens (tertiary/aromatic N) is 2. The molecule has 150 valence electrons. The first-order valence-corrected chi connectivity index (χ1v) is 10.9. The van der Waals surface area contributed by atoms with Crippen LogP contribution in [0.25, 0.3) is 0 Å². The second-order valence-corrected chi connectivity index (χ2v) is 9.00. The number of aryl methyl sites for hydroxylation is 1. The topological polar surface area (TPSA) is 88.5 Å². The molecule has 2 heterocycles. The van der Waals surface area contributed by atoms with Gasteiger partial charge in [-0.3, -0.25) is 9.59 Å². The number of hydrogen-bond acceptors (Lipinski definition) is 4. The standard InChI is InChI=1S/C19H22ClN3O4S/c20-16-6-9-18(24)22(14-16)11-3-10-21-19(25)15-4-7-17(8-5-15)28(26,27)23-12-1-2-13-23/h4-9,14H,1-3,10-13H2,(H,21,25). The molecular formula is C19H22ClN3O4S. The van der Waals surface area contributed by atoms with Crippen LogP contribution in [-0.2, 0) is 16.6 Å². The number of pyridine rings is 1. The largest absolute Gasteiger partial charge is 0.352 e. The number of benzene rings is 1. The van der Waals surface area contributed by atoms with Crippen molar-refractivity contribution in [3.05, 3.63) is 63.5 Å². The quantitative estimate of drug-likeness (QED) is 0.691. The molecule has 0 aliphatic carbocycles. The van der Waals surface area contributed by atoms with Crippen molar-refractivity contribution in [2.24, 2.45) is 0 Å². The predicted molar refractivity (Wildman–Crippen MR) is 107 cm³/mol. The van der Waals surface area contributed by atoms with Gasteiger partial charge in [0.1, 0.15) is 0 Å². The molecule has 0 unspecified atom stereocenters. The number of hydrogen-bond donors (Lipinski definition) is 1. The van der Waals surface area contributed by atoms with Gasteiger partial charge >= 0.3 is 0 Å². The van der Waals surface area contributed by atoms with Crippen molar-refractivity contribution in [2.75, 3.05) is 19.6 Å². The number of amides is 1. The van der Waals surface area contributed by atoms with Crippen LogP contribution in [0.2, 0.25) is 5.02 Å². The third-order valence-corrected chi connectivity index (χ3v) is 6.76. The fourth-order valence-electron chi connectivity index (χ4n) is 3.09. The molecule has 0 atom stereocenters. The van der Waals surface area contributed by atoms with E-state index in [-0.39, 0.29) is 16.4 Å². The molecule has 9 heteroatoms. The molecule has 1 aliphatic rings. The molecule has 1 aliphatic heterocycles. The number of nitrogens with one attached hydrogen (secondary N) is 1. The zero-order chi connectivity index (χ0) is 20.1. The second-order valence-electron chi connectivity index (χ2n) is 6.62. The van der Waals surface area contributed by atoms with Crippen molar-refractivity contribution in [1.29, 1.82) is 0 Å². The molecule has 28 heavy (non-hydrogen) atoms. The Hall–Kier alpha value is -2.16. The van der Waals surface area contributed by atoms with Crippen LogP contribution >= 0.6 is 11.6 Å². The highest BCUT2D eigenvalue weighted by Gasteiger charge is 2.27. The molecule has 1 aromatic carbocycles. The average molecular weight is 424 g/mol. The lowest BCUT2D eigenvalue weighted by Gasteiger charge is -2.15. The summed E-state index contributed by atoms with van der Waals surface area (Å²) in [6.07, 6.45) is 3.88. The lowest BCUT2D eigenvalue weighted by molar-refractivity contribution is 0.0952. The van der Waals surface area contributed by atoms with Gasteiger partial charge in [-0.05, 0) is 49.6 Å². The average Bonchev–Trinajstić information content (AvgIpc) is 3.23. The van der Waals surface area contributed by atoms with E-state index in [1.54, 1.807) is 6.20 Å². The fraction of sp³-hybridized carbons (Fsp3) is 0.368. The highest BCUT2D eigenvalue weighted by atomic mass is 35.5. The van der Waals surface area contributed by atoms with Gasteiger partial charge in [0.15, 0.2) is 0 Å². The van der Waals surface area contributed by atoms with Crippen molar-refractivity contribution in [2.45, 2.75) is 30.7 Å². The van der Waals surface area contributed by atoms with Gasteiger partial charge in [-0.15, -0.1) is 0 Å². The first-order valence-electron chi connectivity index (χ1n) is 9.12. The predicted octanol–water partition coefficient (Wildman–Crippen LogP) is 2.11. The van der Waals surface area contributed by atoms with Gasteiger partial charge in [0.25, 0.3) is 11.5 Å². The normalized spacial score (nSPS) is 14.9. The fourth-order valence-corrected chi connectivity index (χ4v) is 4.78. The molecule has 0 radical (unpaired) electrons. The van der Waals surface area contributed by atoms with Crippen molar-refractivity contribution in [3.8, 4) is 0 Å². The molecule has 2 aromatic rings. The van der Waals surface area contributed by atoms with Crippen molar-refractivity contribution in [1.82, 2.24) is 14.2 Å². The van der Waals surface area contributed by atoms with Gasteiger partial charge in [-0.1, -0.05) is 11.6 Å². The van der Waals surface area contributed by atoms with Crippen molar-refractivity contribution in [3.63, 3.8) is 0 Å². The lowest BCUT2D eigenvalue weighted by atomic mass is 10.2. The number of carbonyl (C=O) groups excluding carboxylic acids is 1. The van der Waals surface area contributed by atoms with E-state index in [1.807, 2.05) is 0 Å². The zero-order valence-electron chi connectivity index (χ0n) is 15.3. The van der Waals surface area contributed by atoms with Gasteiger partial charge in [0.05, 0.1) is 9.92 Å². The van der Waals surface area contributed by atoms with Gasteiger partial charge in [-0.2, -0.15) is 4.31 Å². The molecule has 1 N–H and O–H groups in total. The number of halogens is 1. The van der Waals surface area contributed by atoms with Gasteiger partial charge < -0.3 is 9.88 Å². The number of aromatic nitrogens is 1. The number of carbonyl (C=O) groups is 1. The summed E-state index contributed by atoms with van der Waals surface area (Å²) in [7, 11) is -3.48. The smallest absolute Gasteiger partial charge is 0.251 e. The Balaban J connectivity index is 1.53. The summed E-state index contributed by atoms with van der Waals surface area (Å²) in [6.45, 7) is 1.90. The third kappa shape index (κ3) is 4.81. The molecule has 3 rings (SSSR count). The molecule has 1 saturated heterocycles. The van der Waals surface area contributed by atoms with Crippen LogP contribution in [0.4, 0.5) is 0 Å². The minimum atomic E-state index is -3.48. The Labute approximate surface area is 169 Å². The van der Waals surface area contributed by atoms with Crippen LogP contribution in [0.3, 0.4) is 0 Å². The van der Waals surface area contributed by atoms with Crippen LogP contribution in [0.1, 0.15) is 29.6 Å². The Kier molecular flexibility index (Phi) is 6.53. The third-order valence-electron chi connectivity index (χ3n) is 4.63. The summed E-state index contributed by atoms with van der Waals surface area (Å²) < 4.78 is 28.0. The summed E-state index contributed by atoms with van der Waals surface area (Å²) in [6, 6.07) is 8.90. The van der Waals surface area contributed by atoms with Gasteiger partial charge in [-0.25, -0.2) is 8.42 Å². The Morgan fingerprint density at radius 2 is 1.75 bits per heavy atom. The van der Waals surface area contributed by atoms with E-state index in [1.165, 1.54) is 45.3 Å². The SMILES string of the molecule is O=C(NCCCn1cc(Cl)ccc1=O)c1ccc(S(=O)(=O)N2CCCC2)cc1. The van der Waals surface area contributed by atoms with E-state index < -0.39 is 10.0 Å². The van der Waals surface area contributed by atoms with Crippen LogP contribution in [0, 0.1) is 0 Å². The molecule has 1 fully saturated rings. The summed E-state index contributed by atoms with van der Waals surface area (Å²) in [4.78, 5) is 24.1. The highest BCUT2D eigenvalue weighted by Crippen LogP contribution is 2.21. The van der Waals surface area contributed by atoms with Crippen LogP contribution in [-0.4, -0.2) is 42.8 Å². The molecular weight excluding hydrogens is 402 g/mol. The van der Waals surface area contributed by atoms with E-state index in [4.69, 9.17) is 11.6 Å². The summed E-state index contributed by atoms with van der Waals surface area (Å²) in [5, 5.41) is 3.25. The van der Waals surface area contributed by atoms with Crippen molar-refractivity contribution < 1.29 is 13.2 Å². The number of sulfonamides is 1. The van der Waals surface area contributed by atoms with E-state index >= 15 is 0 Å². The van der Waals surface area contributed by atoms with Gasteiger partial charge in [0.2, 0.25) is 10.0 Å². The first-order chi connectivity index (χ1) is 13.4. The lowest BCUT2D eigenvalue weighted by Crippen LogP contribution is -2.28. The van der Waals surface area contributed by atoms with Crippen LogP contribution in [0.5, 0.6) is 0 Å². The zero-order valence-corrected chi connectivity index (χ0v) is 16.9. The van der Waals surface area contributed by atoms with E-state index in [9.17, 15) is 18.0 Å². The van der Waals surface area contributed by atoms with E-state index in [0.717, 1.165) is 12.8 Å². The molecule has 1 amide bonds. The minimum Gasteiger partial charge on any atom is -0.352 e. The monoisotopic (exact) mass is 423 g/mol. The van der Waals surface area contributed by atoms with Crippen LogP contribution < -0.4 is 10.9 Å². The minimum absolute atomic E-state index is 0.148. The Morgan fingerprint density at radius 1 is 1.07 bits per heavy atom. The molecule has 7 nitrogen and oxygen atoms in total. The molecule has 0 bridgehead atoms. The highest BCUT2D eigenvalue weighted by molar-refractivity contribution is 7.89. The Morgan fingerprint density at radius 3 is 2.43 bits per heavy atom. The number of rotatable bonds is 7.